The number of hydrogen-bond donors (Lipinski definition) is 0. The molecule has 30 heavy (non-hydrogen) atoms. The molecule has 2 aliphatic rings. The summed E-state index contributed by atoms with van der Waals surface area (Å²) in [6.45, 7) is 2.90. The van der Waals surface area contributed by atoms with Crippen LogP contribution in [-0.2, 0) is 21.1 Å². The van der Waals surface area contributed by atoms with Crippen LogP contribution in [0.4, 0.5) is 0 Å². The van der Waals surface area contributed by atoms with Crippen molar-refractivity contribution in [1.29, 1.82) is 0 Å². The van der Waals surface area contributed by atoms with Crippen LogP contribution in [0.3, 0.4) is 0 Å². The molecule has 0 bridgehead atoms. The van der Waals surface area contributed by atoms with Crippen LogP contribution in [0.5, 0.6) is 0 Å². The highest BCUT2D eigenvalue weighted by Gasteiger charge is 2.31. The fraction of sp³-hybridized carbons (Fsp3) is 0.545. The zero-order valence-electron chi connectivity index (χ0n) is 17.3. The molecule has 1 aromatic heterocycles. The van der Waals surface area contributed by atoms with Gasteiger partial charge in [0, 0.05) is 37.3 Å². The molecule has 0 aliphatic carbocycles. The molecular formula is C22H28N2O4S2. The molecule has 0 radical (unpaired) electrons. The van der Waals surface area contributed by atoms with Crippen LogP contribution in [-0.4, -0.2) is 67.2 Å². The Hall–Kier alpha value is -1.93. The molecule has 0 saturated carbocycles. The van der Waals surface area contributed by atoms with Crippen molar-refractivity contribution in [1.82, 2.24) is 9.80 Å². The normalized spacial score (nSPS) is 22.1. The van der Waals surface area contributed by atoms with E-state index in [0.717, 1.165) is 47.9 Å². The highest BCUT2D eigenvalue weighted by molar-refractivity contribution is 7.91. The van der Waals surface area contributed by atoms with Crippen LogP contribution in [0.1, 0.15) is 47.8 Å². The Morgan fingerprint density at radius 1 is 1.07 bits per heavy atom. The fourth-order valence-electron chi connectivity index (χ4n) is 4.57. The number of hydrogen-bond acceptors (Lipinski definition) is 5. The summed E-state index contributed by atoms with van der Waals surface area (Å²) in [7, 11) is -3.04. The van der Waals surface area contributed by atoms with Gasteiger partial charge >= 0.3 is 0 Å². The van der Waals surface area contributed by atoms with E-state index in [0.29, 0.717) is 11.3 Å². The first kappa shape index (κ1) is 21.3. The van der Waals surface area contributed by atoms with E-state index >= 15 is 0 Å². The Balaban J connectivity index is 1.68. The van der Waals surface area contributed by atoms with Crippen molar-refractivity contribution in [2.24, 2.45) is 0 Å². The average molecular weight is 449 g/mol. The smallest absolute Gasteiger partial charge is 0.264 e. The minimum Gasteiger partial charge on any atom is -0.340 e. The lowest BCUT2D eigenvalue weighted by Gasteiger charge is -2.30. The third-order valence-corrected chi connectivity index (χ3v) is 9.06. The molecule has 8 heteroatoms. The number of thiophene rings is 1. The number of amides is 2. The van der Waals surface area contributed by atoms with Crippen molar-refractivity contribution in [3.05, 3.63) is 34.7 Å². The summed E-state index contributed by atoms with van der Waals surface area (Å²) >= 11 is 1.48. The van der Waals surface area contributed by atoms with Gasteiger partial charge in [0.1, 0.15) is 0 Å². The SMILES string of the molecule is CC(=O)N1CCCCCC1Cc1c(C(=O)N2CCS(=O)(=O)CC2)sc2ccccc12. The third kappa shape index (κ3) is 4.39. The molecule has 1 unspecified atom stereocenters. The van der Waals surface area contributed by atoms with Gasteiger partial charge in [-0.2, -0.15) is 0 Å². The topological polar surface area (TPSA) is 74.8 Å². The summed E-state index contributed by atoms with van der Waals surface area (Å²) in [4.78, 5) is 30.0. The molecule has 2 amide bonds. The van der Waals surface area contributed by atoms with Crippen LogP contribution < -0.4 is 0 Å². The Labute approximate surface area is 181 Å². The van der Waals surface area contributed by atoms with E-state index in [4.69, 9.17) is 0 Å². The van der Waals surface area contributed by atoms with E-state index in [2.05, 4.69) is 0 Å². The van der Waals surface area contributed by atoms with Crippen LogP contribution >= 0.6 is 11.3 Å². The van der Waals surface area contributed by atoms with Crippen molar-refractivity contribution in [2.45, 2.75) is 45.1 Å². The number of rotatable bonds is 3. The summed E-state index contributed by atoms with van der Waals surface area (Å²) in [6, 6.07) is 8.12. The highest BCUT2D eigenvalue weighted by atomic mass is 32.2. The molecule has 2 fully saturated rings. The van der Waals surface area contributed by atoms with Gasteiger partial charge in [0.2, 0.25) is 5.91 Å². The van der Waals surface area contributed by atoms with Crippen LogP contribution in [0.25, 0.3) is 10.1 Å². The predicted octanol–water partition coefficient (Wildman–Crippen LogP) is 3.11. The minimum atomic E-state index is -3.04. The van der Waals surface area contributed by atoms with E-state index < -0.39 is 9.84 Å². The summed E-state index contributed by atoms with van der Waals surface area (Å²) in [6.07, 6.45) is 4.84. The molecular weight excluding hydrogens is 420 g/mol. The lowest BCUT2D eigenvalue weighted by Crippen LogP contribution is -2.44. The second-order valence-corrected chi connectivity index (χ2v) is 11.6. The van der Waals surface area contributed by atoms with Crippen LogP contribution in [0.2, 0.25) is 0 Å². The highest BCUT2D eigenvalue weighted by Crippen LogP contribution is 2.35. The van der Waals surface area contributed by atoms with E-state index in [9.17, 15) is 18.0 Å². The van der Waals surface area contributed by atoms with E-state index in [1.807, 2.05) is 29.2 Å². The fourth-order valence-corrected chi connectivity index (χ4v) is 6.97. The third-order valence-electron chi connectivity index (χ3n) is 6.25. The van der Waals surface area contributed by atoms with Gasteiger partial charge in [-0.3, -0.25) is 9.59 Å². The van der Waals surface area contributed by atoms with E-state index in [1.54, 1.807) is 11.8 Å². The molecule has 2 saturated heterocycles. The van der Waals surface area contributed by atoms with Crippen molar-refractivity contribution in [3.63, 3.8) is 0 Å². The quantitative estimate of drug-likeness (QED) is 0.723. The van der Waals surface area contributed by atoms with Gasteiger partial charge in [0.15, 0.2) is 9.84 Å². The molecule has 1 aromatic carbocycles. The molecule has 0 spiro atoms. The number of nitrogens with zero attached hydrogens (tertiary/aromatic N) is 2. The van der Waals surface area contributed by atoms with Crippen molar-refractivity contribution < 1.29 is 18.0 Å². The molecule has 3 heterocycles. The number of carbonyl (C=O) groups excluding carboxylic acids is 2. The van der Waals surface area contributed by atoms with Gasteiger partial charge < -0.3 is 9.80 Å². The average Bonchev–Trinajstić information content (AvgIpc) is 2.90. The molecule has 1 atom stereocenters. The van der Waals surface area contributed by atoms with E-state index in [1.165, 1.54) is 11.3 Å². The molecule has 162 valence electrons. The first-order valence-corrected chi connectivity index (χ1v) is 13.3. The van der Waals surface area contributed by atoms with Crippen molar-refractivity contribution >= 4 is 43.1 Å². The van der Waals surface area contributed by atoms with Crippen LogP contribution in [0.15, 0.2) is 24.3 Å². The number of fused-ring (bicyclic) bond motifs is 1. The molecule has 2 aliphatic heterocycles. The summed E-state index contributed by atoms with van der Waals surface area (Å²) < 4.78 is 24.6. The Morgan fingerprint density at radius 3 is 2.53 bits per heavy atom. The van der Waals surface area contributed by atoms with E-state index in [-0.39, 0.29) is 42.5 Å². The first-order valence-electron chi connectivity index (χ1n) is 10.6. The van der Waals surface area contributed by atoms with Gasteiger partial charge in [0.25, 0.3) is 5.91 Å². The lowest BCUT2D eigenvalue weighted by molar-refractivity contribution is -0.131. The zero-order valence-corrected chi connectivity index (χ0v) is 18.9. The van der Waals surface area contributed by atoms with Gasteiger partial charge in [-0.05, 0) is 36.3 Å². The van der Waals surface area contributed by atoms with Gasteiger partial charge in [-0.15, -0.1) is 11.3 Å². The van der Waals surface area contributed by atoms with Crippen LogP contribution in [0, 0.1) is 0 Å². The second-order valence-electron chi connectivity index (χ2n) is 8.27. The van der Waals surface area contributed by atoms with Crippen molar-refractivity contribution in [2.75, 3.05) is 31.1 Å². The first-order chi connectivity index (χ1) is 14.4. The predicted molar refractivity (Wildman–Crippen MR) is 120 cm³/mol. The minimum absolute atomic E-state index is 0.0275. The largest absolute Gasteiger partial charge is 0.340 e. The molecule has 4 rings (SSSR count). The molecule has 6 nitrogen and oxygen atoms in total. The molecule has 0 N–H and O–H groups in total. The maximum absolute atomic E-state index is 13.4. The zero-order chi connectivity index (χ0) is 21.3. The number of likely N-dealkylation sites (tertiary alicyclic amines) is 1. The lowest BCUT2D eigenvalue weighted by atomic mass is 9.97. The Bertz CT molecular complexity index is 1050. The Kier molecular flexibility index (Phi) is 6.16. The Morgan fingerprint density at radius 2 is 1.80 bits per heavy atom. The number of sulfone groups is 1. The second kappa shape index (κ2) is 8.67. The monoisotopic (exact) mass is 448 g/mol. The maximum atomic E-state index is 13.4. The standard InChI is InChI=1S/C22H28N2O4S2/c1-16(25)24-10-6-2-3-7-17(24)15-19-18-8-4-5-9-20(18)29-21(19)22(26)23-11-13-30(27,28)14-12-23/h4-5,8-9,17H,2-3,6-7,10-15H2,1H3. The number of benzene rings is 1. The summed E-state index contributed by atoms with van der Waals surface area (Å²) in [5, 5.41) is 1.07. The summed E-state index contributed by atoms with van der Waals surface area (Å²) in [5.41, 5.74) is 1.01. The maximum Gasteiger partial charge on any atom is 0.264 e. The summed E-state index contributed by atoms with van der Waals surface area (Å²) in [5.74, 6) is 0.0685. The van der Waals surface area contributed by atoms with Gasteiger partial charge in [0.05, 0.1) is 16.4 Å². The number of carbonyl (C=O) groups is 2. The van der Waals surface area contributed by atoms with Gasteiger partial charge in [-0.1, -0.05) is 31.0 Å². The van der Waals surface area contributed by atoms with Crippen molar-refractivity contribution in [3.8, 4) is 0 Å². The molecule has 2 aromatic rings. The van der Waals surface area contributed by atoms with Gasteiger partial charge in [-0.25, -0.2) is 8.42 Å².